The van der Waals surface area contributed by atoms with E-state index in [0.717, 1.165) is 17.7 Å². The Kier molecular flexibility index (Phi) is 3.01. The standard InChI is InChI=1S/C16H12F2O2/c1-9-2-5-15-12(6-9)14(19)8-16(20-15)11-4-3-10(17)7-13(11)18/h2-7,16H,8H2,1H3. The van der Waals surface area contributed by atoms with Gasteiger partial charge in [0.05, 0.1) is 12.0 Å². The number of benzene rings is 2. The Morgan fingerprint density at radius 3 is 2.70 bits per heavy atom. The lowest BCUT2D eigenvalue weighted by Crippen LogP contribution is -2.21. The molecule has 0 fully saturated rings. The van der Waals surface area contributed by atoms with Gasteiger partial charge in [0.15, 0.2) is 5.78 Å². The van der Waals surface area contributed by atoms with Crippen molar-refractivity contribution >= 4 is 5.78 Å². The molecule has 0 saturated carbocycles. The fourth-order valence-electron chi connectivity index (χ4n) is 2.37. The van der Waals surface area contributed by atoms with Crippen LogP contribution in [0.5, 0.6) is 5.75 Å². The van der Waals surface area contributed by atoms with Crippen molar-refractivity contribution in [1.29, 1.82) is 0 Å². The number of hydrogen-bond acceptors (Lipinski definition) is 2. The van der Waals surface area contributed by atoms with Gasteiger partial charge in [-0.1, -0.05) is 11.6 Å². The average Bonchev–Trinajstić information content (AvgIpc) is 2.39. The Labute approximate surface area is 115 Å². The molecule has 0 N–H and O–H groups in total. The molecule has 0 aromatic heterocycles. The van der Waals surface area contributed by atoms with Crippen molar-refractivity contribution < 1.29 is 18.3 Å². The lowest BCUT2D eigenvalue weighted by atomic mass is 9.95. The predicted octanol–water partition coefficient (Wildman–Crippen LogP) is 3.98. The number of fused-ring (bicyclic) bond motifs is 1. The molecule has 20 heavy (non-hydrogen) atoms. The van der Waals surface area contributed by atoms with Crippen molar-refractivity contribution in [2.24, 2.45) is 0 Å². The van der Waals surface area contributed by atoms with Gasteiger partial charge in [-0.15, -0.1) is 0 Å². The highest BCUT2D eigenvalue weighted by Gasteiger charge is 2.29. The van der Waals surface area contributed by atoms with E-state index >= 15 is 0 Å². The van der Waals surface area contributed by atoms with Gasteiger partial charge >= 0.3 is 0 Å². The van der Waals surface area contributed by atoms with Crippen molar-refractivity contribution in [3.8, 4) is 5.75 Å². The van der Waals surface area contributed by atoms with Crippen molar-refractivity contribution in [3.63, 3.8) is 0 Å². The quantitative estimate of drug-likeness (QED) is 0.786. The highest BCUT2D eigenvalue weighted by Crippen LogP contribution is 2.36. The van der Waals surface area contributed by atoms with Crippen molar-refractivity contribution in [3.05, 3.63) is 64.7 Å². The molecule has 1 atom stereocenters. The SMILES string of the molecule is Cc1ccc2c(c1)C(=O)CC(c1ccc(F)cc1F)O2. The van der Waals surface area contributed by atoms with E-state index in [1.807, 2.05) is 13.0 Å². The molecule has 1 aliphatic heterocycles. The Morgan fingerprint density at radius 2 is 1.95 bits per heavy atom. The number of halogens is 2. The molecule has 0 bridgehead atoms. The van der Waals surface area contributed by atoms with E-state index in [0.29, 0.717) is 11.3 Å². The normalized spacial score (nSPS) is 17.6. The van der Waals surface area contributed by atoms with Crippen LogP contribution in [-0.2, 0) is 0 Å². The summed E-state index contributed by atoms with van der Waals surface area (Å²) < 4.78 is 32.4. The summed E-state index contributed by atoms with van der Waals surface area (Å²) in [6.45, 7) is 1.89. The summed E-state index contributed by atoms with van der Waals surface area (Å²) in [5.74, 6) is -0.993. The summed E-state index contributed by atoms with van der Waals surface area (Å²) >= 11 is 0. The van der Waals surface area contributed by atoms with Crippen LogP contribution in [0.1, 0.15) is 34.0 Å². The third-order valence-corrected chi connectivity index (χ3v) is 3.38. The minimum atomic E-state index is -0.710. The fraction of sp³-hybridized carbons (Fsp3) is 0.188. The maximum Gasteiger partial charge on any atom is 0.170 e. The third kappa shape index (κ3) is 2.18. The summed E-state index contributed by atoms with van der Waals surface area (Å²) in [5.41, 5.74) is 1.68. The van der Waals surface area contributed by atoms with Gasteiger partial charge < -0.3 is 4.74 Å². The molecule has 2 aromatic rings. The molecule has 0 amide bonds. The fourth-order valence-corrected chi connectivity index (χ4v) is 2.37. The molecule has 0 spiro atoms. The molecule has 2 aromatic carbocycles. The van der Waals surface area contributed by atoms with Gasteiger partial charge in [-0.05, 0) is 31.2 Å². The molecule has 3 rings (SSSR count). The van der Waals surface area contributed by atoms with E-state index in [9.17, 15) is 13.6 Å². The Morgan fingerprint density at radius 1 is 1.15 bits per heavy atom. The molecule has 1 unspecified atom stereocenters. The molecular formula is C16H12F2O2. The average molecular weight is 274 g/mol. The summed E-state index contributed by atoms with van der Waals surface area (Å²) in [7, 11) is 0. The zero-order valence-electron chi connectivity index (χ0n) is 10.8. The Bertz CT molecular complexity index is 695. The molecule has 102 valence electrons. The van der Waals surface area contributed by atoms with E-state index in [4.69, 9.17) is 4.74 Å². The number of Topliss-reactive ketones (excluding diaryl/α,β-unsaturated/α-hetero) is 1. The minimum absolute atomic E-state index is 0.0546. The number of rotatable bonds is 1. The lowest BCUT2D eigenvalue weighted by Gasteiger charge is -2.26. The van der Waals surface area contributed by atoms with E-state index < -0.39 is 17.7 Å². The summed E-state index contributed by atoms with van der Waals surface area (Å²) in [6, 6.07) is 8.58. The summed E-state index contributed by atoms with van der Waals surface area (Å²) in [6.07, 6.45) is -0.655. The van der Waals surface area contributed by atoms with Crippen molar-refractivity contribution in [2.45, 2.75) is 19.4 Å². The van der Waals surface area contributed by atoms with Crippen LogP contribution in [0.15, 0.2) is 36.4 Å². The van der Waals surface area contributed by atoms with Crippen LogP contribution in [0.3, 0.4) is 0 Å². The zero-order chi connectivity index (χ0) is 14.3. The van der Waals surface area contributed by atoms with E-state index in [1.54, 1.807) is 12.1 Å². The molecule has 0 radical (unpaired) electrons. The van der Waals surface area contributed by atoms with E-state index in [2.05, 4.69) is 0 Å². The smallest absolute Gasteiger partial charge is 0.170 e. The van der Waals surface area contributed by atoms with E-state index in [1.165, 1.54) is 6.07 Å². The topological polar surface area (TPSA) is 26.3 Å². The monoisotopic (exact) mass is 274 g/mol. The van der Waals surface area contributed by atoms with Crippen LogP contribution in [0.25, 0.3) is 0 Å². The van der Waals surface area contributed by atoms with Gasteiger partial charge in [-0.3, -0.25) is 4.79 Å². The van der Waals surface area contributed by atoms with Crippen molar-refractivity contribution in [2.75, 3.05) is 0 Å². The molecule has 0 aliphatic carbocycles. The van der Waals surface area contributed by atoms with Gasteiger partial charge in [0.25, 0.3) is 0 Å². The summed E-state index contributed by atoms with van der Waals surface area (Å²) in [4.78, 5) is 12.1. The van der Waals surface area contributed by atoms with Gasteiger partial charge in [0.2, 0.25) is 0 Å². The van der Waals surface area contributed by atoms with Crippen molar-refractivity contribution in [1.82, 2.24) is 0 Å². The minimum Gasteiger partial charge on any atom is -0.484 e. The van der Waals surface area contributed by atoms with E-state index in [-0.39, 0.29) is 17.8 Å². The maximum atomic E-state index is 13.8. The number of hydrogen-bond donors (Lipinski definition) is 0. The van der Waals surface area contributed by atoms with Crippen LogP contribution < -0.4 is 4.74 Å². The van der Waals surface area contributed by atoms with Crippen LogP contribution in [-0.4, -0.2) is 5.78 Å². The molecule has 1 heterocycles. The highest BCUT2D eigenvalue weighted by atomic mass is 19.1. The van der Waals surface area contributed by atoms with Crippen LogP contribution >= 0.6 is 0 Å². The molecule has 2 nitrogen and oxygen atoms in total. The second kappa shape index (κ2) is 4.71. The first kappa shape index (κ1) is 12.8. The first-order chi connectivity index (χ1) is 9.54. The lowest BCUT2D eigenvalue weighted by molar-refractivity contribution is 0.0845. The van der Waals surface area contributed by atoms with Gasteiger partial charge in [-0.25, -0.2) is 8.78 Å². The highest BCUT2D eigenvalue weighted by molar-refractivity contribution is 6.00. The first-order valence-corrected chi connectivity index (χ1v) is 6.30. The largest absolute Gasteiger partial charge is 0.484 e. The number of carbonyl (C=O) groups excluding carboxylic acids is 1. The molecular weight excluding hydrogens is 262 g/mol. The summed E-state index contributed by atoms with van der Waals surface area (Å²) in [5, 5.41) is 0. The zero-order valence-corrected chi connectivity index (χ0v) is 10.8. The maximum absolute atomic E-state index is 13.8. The Balaban J connectivity index is 1.99. The number of carbonyl (C=O) groups is 1. The van der Waals surface area contributed by atoms with Gasteiger partial charge in [0, 0.05) is 11.6 Å². The Hall–Kier alpha value is -2.23. The van der Waals surface area contributed by atoms with Crippen LogP contribution in [0, 0.1) is 18.6 Å². The molecule has 4 heteroatoms. The molecule has 0 saturated heterocycles. The number of ketones is 1. The second-order valence-electron chi connectivity index (χ2n) is 4.90. The van der Waals surface area contributed by atoms with Crippen LogP contribution in [0.2, 0.25) is 0 Å². The second-order valence-corrected chi connectivity index (χ2v) is 4.90. The van der Waals surface area contributed by atoms with Gasteiger partial charge in [0.1, 0.15) is 23.5 Å². The predicted molar refractivity (Wildman–Crippen MR) is 69.9 cm³/mol. The first-order valence-electron chi connectivity index (χ1n) is 6.30. The van der Waals surface area contributed by atoms with Gasteiger partial charge in [-0.2, -0.15) is 0 Å². The third-order valence-electron chi connectivity index (χ3n) is 3.38. The number of aryl methyl sites for hydroxylation is 1. The molecule has 1 aliphatic rings. The van der Waals surface area contributed by atoms with Crippen LogP contribution in [0.4, 0.5) is 8.78 Å². The number of ether oxygens (including phenoxy) is 1.